The zero-order valence-corrected chi connectivity index (χ0v) is 11.1. The lowest BCUT2D eigenvalue weighted by molar-refractivity contribution is 0.101. The maximum absolute atomic E-state index is 11.1. The molecule has 0 unspecified atom stereocenters. The summed E-state index contributed by atoms with van der Waals surface area (Å²) in [4.78, 5) is 11.1. The molecule has 2 rings (SSSR count). The summed E-state index contributed by atoms with van der Waals surface area (Å²) in [5.41, 5.74) is 2.64. The van der Waals surface area contributed by atoms with Crippen molar-refractivity contribution in [3.63, 3.8) is 0 Å². The summed E-state index contributed by atoms with van der Waals surface area (Å²) in [5, 5.41) is 0. The second kappa shape index (κ2) is 6.39. The Labute approximate surface area is 105 Å². The van der Waals surface area contributed by atoms with Crippen molar-refractivity contribution < 1.29 is 4.79 Å². The normalized spacial score (nSPS) is 13.6. The molecule has 1 saturated carbocycles. The average Bonchev–Trinajstić information content (AvgIpc) is 3.13. The van der Waals surface area contributed by atoms with Crippen LogP contribution >= 0.6 is 0 Å². The molecule has 0 heterocycles. The number of carbonyl (C=O) groups is 1. The first-order chi connectivity index (χ1) is 8.06. The highest BCUT2D eigenvalue weighted by Gasteiger charge is 2.17. The van der Waals surface area contributed by atoms with E-state index in [4.69, 9.17) is 0 Å². The number of ketones is 1. The zero-order chi connectivity index (χ0) is 12.8. The largest absolute Gasteiger partial charge is 0.294 e. The standard InChI is InChI=1S/C11H12O.C5H10/c1-8(2)10-6-4-5-7-11(10)9(3)12;1-2-5-3-4-5/h4-7H,1H2,2-3H3;5H,2-4H2,1H3. The van der Waals surface area contributed by atoms with Gasteiger partial charge in [0.2, 0.25) is 0 Å². The Bertz CT molecular complexity index is 367. The van der Waals surface area contributed by atoms with Crippen molar-refractivity contribution in [3.05, 3.63) is 42.0 Å². The van der Waals surface area contributed by atoms with E-state index in [1.54, 1.807) is 6.92 Å². The Hall–Kier alpha value is -1.37. The third kappa shape index (κ3) is 4.56. The van der Waals surface area contributed by atoms with Crippen molar-refractivity contribution in [2.45, 2.75) is 40.0 Å². The van der Waals surface area contributed by atoms with Crippen LogP contribution in [0.5, 0.6) is 0 Å². The molecule has 0 radical (unpaired) electrons. The molecule has 0 spiro atoms. The molecule has 0 N–H and O–H groups in total. The molecular weight excluding hydrogens is 208 g/mol. The van der Waals surface area contributed by atoms with Gasteiger partial charge in [-0.1, -0.05) is 62.6 Å². The fourth-order valence-electron chi connectivity index (χ4n) is 1.69. The lowest BCUT2D eigenvalue weighted by atomic mass is 10.00. The van der Waals surface area contributed by atoms with Gasteiger partial charge in [-0.2, -0.15) is 0 Å². The molecule has 1 aliphatic carbocycles. The molecule has 0 aromatic heterocycles. The molecule has 0 saturated heterocycles. The fourth-order valence-corrected chi connectivity index (χ4v) is 1.69. The summed E-state index contributed by atoms with van der Waals surface area (Å²) in [6, 6.07) is 7.52. The number of carbonyl (C=O) groups excluding carboxylic acids is 1. The highest BCUT2D eigenvalue weighted by atomic mass is 16.1. The first kappa shape index (κ1) is 13.7. The molecule has 0 bridgehead atoms. The second-order valence-electron chi connectivity index (χ2n) is 4.73. The van der Waals surface area contributed by atoms with E-state index in [-0.39, 0.29) is 5.78 Å². The van der Waals surface area contributed by atoms with E-state index in [2.05, 4.69) is 13.5 Å². The number of Topliss-reactive ketones (excluding diaryl/α,β-unsaturated/α-hetero) is 1. The molecule has 1 fully saturated rings. The molecular formula is C16H22O. The van der Waals surface area contributed by atoms with Gasteiger partial charge in [0, 0.05) is 5.56 Å². The van der Waals surface area contributed by atoms with E-state index >= 15 is 0 Å². The van der Waals surface area contributed by atoms with Gasteiger partial charge in [-0.05, 0) is 25.3 Å². The molecule has 1 nitrogen and oxygen atoms in total. The summed E-state index contributed by atoms with van der Waals surface area (Å²) in [6.45, 7) is 9.55. The highest BCUT2D eigenvalue weighted by molar-refractivity contribution is 5.98. The maximum atomic E-state index is 11.1. The number of benzene rings is 1. The summed E-state index contributed by atoms with van der Waals surface area (Å²) >= 11 is 0. The third-order valence-electron chi connectivity index (χ3n) is 3.04. The van der Waals surface area contributed by atoms with Gasteiger partial charge < -0.3 is 0 Å². The van der Waals surface area contributed by atoms with Crippen LogP contribution in [0, 0.1) is 5.92 Å². The van der Waals surface area contributed by atoms with Crippen LogP contribution in [-0.2, 0) is 0 Å². The molecule has 17 heavy (non-hydrogen) atoms. The smallest absolute Gasteiger partial charge is 0.160 e. The number of hydrogen-bond acceptors (Lipinski definition) is 1. The van der Waals surface area contributed by atoms with Gasteiger partial charge in [0.15, 0.2) is 5.78 Å². The van der Waals surface area contributed by atoms with Crippen molar-refractivity contribution in [1.82, 2.24) is 0 Å². The highest BCUT2D eigenvalue weighted by Crippen LogP contribution is 2.31. The van der Waals surface area contributed by atoms with E-state index < -0.39 is 0 Å². The zero-order valence-electron chi connectivity index (χ0n) is 11.1. The van der Waals surface area contributed by atoms with Crippen LogP contribution in [0.25, 0.3) is 5.57 Å². The minimum atomic E-state index is 0.0913. The molecule has 0 atom stereocenters. The van der Waals surface area contributed by atoms with Gasteiger partial charge in [0.05, 0.1) is 0 Å². The molecule has 0 amide bonds. The topological polar surface area (TPSA) is 17.1 Å². The maximum Gasteiger partial charge on any atom is 0.160 e. The van der Waals surface area contributed by atoms with Crippen molar-refractivity contribution >= 4 is 11.4 Å². The van der Waals surface area contributed by atoms with Crippen LogP contribution in [-0.4, -0.2) is 5.78 Å². The van der Waals surface area contributed by atoms with Gasteiger partial charge >= 0.3 is 0 Å². The number of hydrogen-bond donors (Lipinski definition) is 0. The lowest BCUT2D eigenvalue weighted by Gasteiger charge is -2.04. The first-order valence-electron chi connectivity index (χ1n) is 6.32. The van der Waals surface area contributed by atoms with Gasteiger partial charge in [0.1, 0.15) is 0 Å². The lowest BCUT2D eigenvalue weighted by Crippen LogP contribution is -1.96. The minimum absolute atomic E-state index is 0.0913. The average molecular weight is 230 g/mol. The van der Waals surface area contributed by atoms with Crippen LogP contribution in [0.15, 0.2) is 30.8 Å². The Kier molecular flexibility index (Phi) is 5.14. The van der Waals surface area contributed by atoms with Crippen molar-refractivity contribution in [3.8, 4) is 0 Å². The number of rotatable bonds is 3. The predicted octanol–water partition coefficient (Wildman–Crippen LogP) is 4.73. The van der Waals surface area contributed by atoms with Crippen molar-refractivity contribution in [2.75, 3.05) is 0 Å². The summed E-state index contributed by atoms with van der Waals surface area (Å²) in [7, 11) is 0. The van der Waals surface area contributed by atoms with Gasteiger partial charge in [-0.3, -0.25) is 4.79 Å². The van der Waals surface area contributed by atoms with Gasteiger partial charge in [-0.25, -0.2) is 0 Å². The molecule has 1 aliphatic rings. The van der Waals surface area contributed by atoms with E-state index in [9.17, 15) is 4.79 Å². The Morgan fingerprint density at radius 3 is 2.00 bits per heavy atom. The first-order valence-corrected chi connectivity index (χ1v) is 6.32. The number of allylic oxidation sites excluding steroid dienone is 1. The Morgan fingerprint density at radius 1 is 1.24 bits per heavy atom. The SMILES string of the molecule is C=C(C)c1ccccc1C(C)=O.CCC1CC1. The van der Waals surface area contributed by atoms with E-state index in [1.807, 2.05) is 31.2 Å². The molecule has 1 aromatic carbocycles. The monoisotopic (exact) mass is 230 g/mol. The van der Waals surface area contributed by atoms with Crippen LogP contribution in [0.1, 0.15) is 56.0 Å². The van der Waals surface area contributed by atoms with Crippen molar-refractivity contribution in [2.24, 2.45) is 5.92 Å². The predicted molar refractivity (Wildman–Crippen MR) is 74.2 cm³/mol. The third-order valence-corrected chi connectivity index (χ3v) is 3.04. The van der Waals surface area contributed by atoms with Crippen LogP contribution in [0.4, 0.5) is 0 Å². The van der Waals surface area contributed by atoms with Crippen LogP contribution in [0.3, 0.4) is 0 Å². The van der Waals surface area contributed by atoms with E-state index in [0.717, 1.165) is 22.6 Å². The van der Waals surface area contributed by atoms with Gasteiger partial charge in [-0.15, -0.1) is 0 Å². The molecule has 92 valence electrons. The molecule has 0 aliphatic heterocycles. The van der Waals surface area contributed by atoms with E-state index in [0.29, 0.717) is 0 Å². The second-order valence-corrected chi connectivity index (χ2v) is 4.73. The van der Waals surface area contributed by atoms with Crippen molar-refractivity contribution in [1.29, 1.82) is 0 Å². The Morgan fingerprint density at radius 2 is 1.76 bits per heavy atom. The van der Waals surface area contributed by atoms with E-state index in [1.165, 1.54) is 19.3 Å². The minimum Gasteiger partial charge on any atom is -0.294 e. The van der Waals surface area contributed by atoms with Crippen LogP contribution < -0.4 is 0 Å². The fraction of sp³-hybridized carbons (Fsp3) is 0.438. The summed E-state index contributed by atoms with van der Waals surface area (Å²) in [6.07, 6.45) is 4.44. The Balaban J connectivity index is 0.000000239. The summed E-state index contributed by atoms with van der Waals surface area (Å²) < 4.78 is 0. The quantitative estimate of drug-likeness (QED) is 0.686. The van der Waals surface area contributed by atoms with Crippen LogP contribution in [0.2, 0.25) is 0 Å². The molecule has 1 heteroatoms. The molecule has 1 aromatic rings. The van der Waals surface area contributed by atoms with Gasteiger partial charge in [0.25, 0.3) is 0 Å². The summed E-state index contributed by atoms with van der Waals surface area (Å²) in [5.74, 6) is 1.23.